The van der Waals surface area contributed by atoms with Crippen molar-refractivity contribution in [2.24, 2.45) is 10.8 Å². The molecule has 3 aromatic carbocycles. The molecule has 2 fully saturated rings. The van der Waals surface area contributed by atoms with E-state index in [1.165, 1.54) is 24.0 Å². The van der Waals surface area contributed by atoms with Crippen LogP contribution in [0.3, 0.4) is 0 Å². The van der Waals surface area contributed by atoms with Crippen LogP contribution in [0.25, 0.3) is 0 Å². The quantitative estimate of drug-likeness (QED) is 0.142. The molecule has 2 saturated heterocycles. The smallest absolute Gasteiger partial charge is 0.310 e. The van der Waals surface area contributed by atoms with Gasteiger partial charge in [0.2, 0.25) is 0 Å². The van der Waals surface area contributed by atoms with Crippen molar-refractivity contribution in [1.29, 1.82) is 0 Å². The van der Waals surface area contributed by atoms with E-state index in [2.05, 4.69) is 104 Å². The first-order valence-corrected chi connectivity index (χ1v) is 19.3. The van der Waals surface area contributed by atoms with Crippen LogP contribution in [0.15, 0.2) is 83.3 Å². The standard InChI is InChI=1S/C19H28O3.C13H17BrO.C7H8.C5H9O2.BrH.OS.Zn/c1-18(2,3)22-17(20)12-14-8-6-7-9-15(14)16-10-11-19(4,5)13-21-16;1-13(2)8-7-12(15-9-13)10-5-3-4-6-11(10)14;1-7-5-3-2-4-6-7;1-5(2,3)7-4-6;;1-2;/h6-9,16H,10-13H2,1-5H3;3-6,12H,7-9H2,1-2H3;2-6H,1H3;1-3H3;1H;;/q;;;-1;;;. The number of hydrogen-bond acceptors (Lipinski definition) is 8. The van der Waals surface area contributed by atoms with Crippen LogP contribution < -0.4 is 0 Å². The maximum atomic E-state index is 12.1. The van der Waals surface area contributed by atoms with Crippen molar-refractivity contribution >= 4 is 57.9 Å². The molecular weight excluding hydrogens is 898 g/mol. The summed E-state index contributed by atoms with van der Waals surface area (Å²) in [6.07, 6.45) is 5.16. The second kappa shape index (κ2) is 26.9. The number of hydrogen-bond donors (Lipinski definition) is 0. The Balaban J connectivity index is 0. The third kappa shape index (κ3) is 24.5. The SMILES string of the molecule is Br.CC(C)(C)O[C-]=O.CC1(C)CCC(c2ccccc2Br)OC1.CC1(C)CCC(c2ccccc2CC(=O)OC(C)(C)C)OC1.Cc1ccccc1.O=S.[Zn]. The molecule has 0 spiro atoms. The largest absolute Gasteiger partial charge is 0.649 e. The van der Waals surface area contributed by atoms with E-state index >= 15 is 0 Å². The molecule has 3 aromatic rings. The van der Waals surface area contributed by atoms with E-state index in [4.69, 9.17) is 18.4 Å². The Morgan fingerprint density at radius 1 is 0.764 bits per heavy atom. The van der Waals surface area contributed by atoms with Crippen molar-refractivity contribution < 1.29 is 52.2 Å². The Morgan fingerprint density at radius 3 is 1.56 bits per heavy atom. The fourth-order valence-electron chi connectivity index (χ4n) is 5.44. The van der Waals surface area contributed by atoms with Gasteiger partial charge in [-0.05, 0) is 108 Å². The molecule has 5 rings (SSSR count). The second-order valence-electron chi connectivity index (χ2n) is 16.9. The fraction of sp³-hybridized carbons (Fsp3) is 0.545. The number of esters is 1. The number of carbonyl (C=O) groups is 1. The minimum Gasteiger partial charge on any atom is -0.649 e. The summed E-state index contributed by atoms with van der Waals surface area (Å²) < 4.78 is 30.8. The number of halogens is 2. The van der Waals surface area contributed by atoms with Crippen molar-refractivity contribution in [2.75, 3.05) is 13.2 Å². The number of carbonyl (C=O) groups excluding carboxylic acids is 2. The summed E-state index contributed by atoms with van der Waals surface area (Å²) in [7, 11) is 0. The van der Waals surface area contributed by atoms with Gasteiger partial charge >= 0.3 is 5.97 Å². The van der Waals surface area contributed by atoms with Gasteiger partial charge in [0.15, 0.2) is 12.5 Å². The molecular formula is C44H63Br2O7SZn-. The molecule has 2 unspecified atom stereocenters. The van der Waals surface area contributed by atoms with Gasteiger partial charge in [-0.25, -0.2) is 0 Å². The van der Waals surface area contributed by atoms with Crippen LogP contribution in [0, 0.1) is 17.8 Å². The van der Waals surface area contributed by atoms with Gasteiger partial charge in [0.05, 0.1) is 37.4 Å². The van der Waals surface area contributed by atoms with Crippen LogP contribution in [0.5, 0.6) is 0 Å². The van der Waals surface area contributed by atoms with Crippen LogP contribution in [0.1, 0.15) is 129 Å². The van der Waals surface area contributed by atoms with Crippen LogP contribution in [-0.2, 0) is 67.0 Å². The second-order valence-corrected chi connectivity index (χ2v) is 17.8. The third-order valence-corrected chi connectivity index (χ3v) is 8.94. The van der Waals surface area contributed by atoms with Crippen LogP contribution >= 0.6 is 32.9 Å². The molecule has 0 amide bonds. The molecule has 2 atom stereocenters. The monoisotopic (exact) mass is 957 g/mol. The molecule has 7 nitrogen and oxygen atoms in total. The zero-order valence-corrected chi connectivity index (χ0v) is 42.0. The summed E-state index contributed by atoms with van der Waals surface area (Å²) in [4.78, 5) is 21.6. The first-order chi connectivity index (χ1) is 24.7. The number of benzene rings is 3. The molecule has 0 saturated carbocycles. The maximum absolute atomic E-state index is 12.1. The molecule has 2 aliphatic rings. The summed E-state index contributed by atoms with van der Waals surface area (Å²) in [6.45, 7) is 25.1. The van der Waals surface area contributed by atoms with Gasteiger partial charge < -0.3 is 23.7 Å². The Morgan fingerprint density at radius 2 is 1.20 bits per heavy atom. The van der Waals surface area contributed by atoms with Gasteiger partial charge in [0.1, 0.15) is 5.60 Å². The molecule has 304 valence electrons. The van der Waals surface area contributed by atoms with E-state index in [-0.39, 0.29) is 65.7 Å². The molecule has 0 bridgehead atoms. The van der Waals surface area contributed by atoms with E-state index in [9.17, 15) is 9.59 Å². The van der Waals surface area contributed by atoms with Crippen LogP contribution in [-0.4, -0.2) is 41.1 Å². The van der Waals surface area contributed by atoms with Gasteiger partial charge in [-0.2, -0.15) is 4.21 Å². The number of ether oxygens (including phenoxy) is 4. The summed E-state index contributed by atoms with van der Waals surface area (Å²) in [6, 6.07) is 26.7. The molecule has 0 N–H and O–H groups in total. The maximum Gasteiger partial charge on any atom is 0.310 e. The summed E-state index contributed by atoms with van der Waals surface area (Å²) in [5.74, 6) is -0.184. The summed E-state index contributed by atoms with van der Waals surface area (Å²) in [5.41, 5.74) is 4.52. The average Bonchev–Trinajstić information content (AvgIpc) is 3.06. The predicted molar refractivity (Wildman–Crippen MR) is 230 cm³/mol. The Bertz CT molecular complexity index is 1490. The van der Waals surface area contributed by atoms with Crippen molar-refractivity contribution in [3.8, 4) is 0 Å². The van der Waals surface area contributed by atoms with Gasteiger partial charge in [-0.3, -0.25) is 4.79 Å². The minimum atomic E-state index is -0.447. The molecule has 55 heavy (non-hydrogen) atoms. The Hall–Kier alpha value is -1.88. The Kier molecular flexibility index (Phi) is 27.0. The molecule has 0 aliphatic carbocycles. The summed E-state index contributed by atoms with van der Waals surface area (Å²) >= 11 is 6.41. The Labute approximate surface area is 369 Å². The number of aryl methyl sites for hydroxylation is 1. The van der Waals surface area contributed by atoms with Gasteiger partial charge in [0.25, 0.3) is 0 Å². The predicted octanol–water partition coefficient (Wildman–Crippen LogP) is 11.9. The van der Waals surface area contributed by atoms with Crippen LogP contribution in [0.4, 0.5) is 0 Å². The zero-order chi connectivity index (χ0) is 40.3. The first kappa shape index (κ1) is 55.2. The topological polar surface area (TPSA) is 88.1 Å². The van der Waals surface area contributed by atoms with E-state index in [1.54, 1.807) is 20.8 Å². The summed E-state index contributed by atoms with van der Waals surface area (Å²) in [5, 5.41) is 0. The molecule has 0 aromatic heterocycles. The van der Waals surface area contributed by atoms with Crippen LogP contribution in [0.2, 0.25) is 0 Å². The van der Waals surface area contributed by atoms with Gasteiger partial charge in [0, 0.05) is 24.0 Å². The average molecular weight is 961 g/mol. The molecule has 0 radical (unpaired) electrons. The normalized spacial score (nSPS) is 18.0. The molecule has 2 aliphatic heterocycles. The first-order valence-electron chi connectivity index (χ1n) is 18.2. The minimum absolute atomic E-state index is 0. The van der Waals surface area contributed by atoms with Crippen molar-refractivity contribution in [3.05, 3.63) is 106 Å². The molecule has 2 heterocycles. The number of rotatable bonds is 5. The van der Waals surface area contributed by atoms with Crippen molar-refractivity contribution in [3.63, 3.8) is 0 Å². The van der Waals surface area contributed by atoms with Crippen molar-refractivity contribution in [1.82, 2.24) is 0 Å². The van der Waals surface area contributed by atoms with Gasteiger partial charge in [-0.1, -0.05) is 128 Å². The molecule has 11 heteroatoms. The van der Waals surface area contributed by atoms with Crippen molar-refractivity contribution in [2.45, 2.75) is 132 Å². The van der Waals surface area contributed by atoms with E-state index in [0.717, 1.165) is 48.1 Å². The van der Waals surface area contributed by atoms with E-state index in [1.807, 2.05) is 63.2 Å². The zero-order valence-electron chi connectivity index (χ0n) is 34.9. The van der Waals surface area contributed by atoms with E-state index in [0.29, 0.717) is 11.8 Å². The fourth-order valence-corrected chi connectivity index (χ4v) is 5.98. The van der Waals surface area contributed by atoms with Gasteiger partial charge in [-0.15, -0.1) is 17.0 Å². The van der Waals surface area contributed by atoms with E-state index < -0.39 is 5.60 Å². The third-order valence-electron chi connectivity index (χ3n) is 8.21.